The van der Waals surface area contributed by atoms with Crippen LogP contribution in [-0.4, -0.2) is 30.7 Å². The van der Waals surface area contributed by atoms with Crippen molar-refractivity contribution in [3.8, 4) is 5.75 Å². The molecule has 1 aliphatic rings. The largest absolute Gasteiger partial charge is 0.488 e. The molecule has 2 aromatic rings. The number of hydrogen-bond acceptors (Lipinski definition) is 3. The Labute approximate surface area is 166 Å². The van der Waals surface area contributed by atoms with Crippen LogP contribution in [0.4, 0.5) is 4.79 Å². The average molecular weight is 437 g/mol. The molecule has 0 unspecified atom stereocenters. The third kappa shape index (κ3) is 5.26. The second kappa shape index (κ2) is 9.10. The molecule has 0 aliphatic carbocycles. The van der Waals surface area contributed by atoms with Gasteiger partial charge in [0, 0.05) is 18.1 Å². The number of halogens is 2. The highest BCUT2D eigenvalue weighted by molar-refractivity contribution is 9.10. The monoisotopic (exact) mass is 435 g/mol. The SMILES string of the molecule is O=C(OCc1ccccc1)N1CC=C(COc2ccc(Cl)cc2Br)CC1. The van der Waals surface area contributed by atoms with Crippen LogP contribution in [-0.2, 0) is 11.3 Å². The van der Waals surface area contributed by atoms with Gasteiger partial charge in [-0.2, -0.15) is 0 Å². The van der Waals surface area contributed by atoms with Gasteiger partial charge in [-0.3, -0.25) is 0 Å². The van der Waals surface area contributed by atoms with Gasteiger partial charge in [-0.05, 0) is 51.7 Å². The molecule has 0 radical (unpaired) electrons. The van der Waals surface area contributed by atoms with Crippen molar-refractivity contribution in [1.29, 1.82) is 0 Å². The summed E-state index contributed by atoms with van der Waals surface area (Å²) in [6.07, 6.45) is 2.51. The van der Waals surface area contributed by atoms with Gasteiger partial charge < -0.3 is 14.4 Å². The lowest BCUT2D eigenvalue weighted by Gasteiger charge is -2.26. The van der Waals surface area contributed by atoms with Crippen LogP contribution in [0.5, 0.6) is 5.75 Å². The summed E-state index contributed by atoms with van der Waals surface area (Å²) in [6, 6.07) is 15.1. The Morgan fingerprint density at radius 3 is 2.65 bits per heavy atom. The van der Waals surface area contributed by atoms with Crippen LogP contribution in [0.25, 0.3) is 0 Å². The maximum absolute atomic E-state index is 12.2. The van der Waals surface area contributed by atoms with Gasteiger partial charge in [0.15, 0.2) is 0 Å². The highest BCUT2D eigenvalue weighted by atomic mass is 79.9. The number of hydrogen-bond donors (Lipinski definition) is 0. The molecule has 0 saturated heterocycles. The number of nitrogens with zero attached hydrogens (tertiary/aromatic N) is 1. The molecule has 0 aromatic heterocycles. The van der Waals surface area contributed by atoms with Crippen molar-refractivity contribution in [3.63, 3.8) is 0 Å². The minimum atomic E-state index is -0.287. The quantitative estimate of drug-likeness (QED) is 0.585. The van der Waals surface area contributed by atoms with E-state index >= 15 is 0 Å². The second-order valence-electron chi connectivity index (χ2n) is 5.96. The molecular weight excluding hydrogens is 418 g/mol. The Morgan fingerprint density at radius 2 is 1.96 bits per heavy atom. The standard InChI is InChI=1S/C20H19BrClNO3/c21-18-12-17(22)6-7-19(18)25-13-16-8-10-23(11-9-16)20(24)26-14-15-4-2-1-3-5-15/h1-8,12H,9-11,13-14H2. The van der Waals surface area contributed by atoms with E-state index in [0.29, 0.717) is 31.3 Å². The Morgan fingerprint density at radius 1 is 1.15 bits per heavy atom. The zero-order chi connectivity index (χ0) is 18.4. The topological polar surface area (TPSA) is 38.8 Å². The minimum absolute atomic E-state index is 0.287. The summed E-state index contributed by atoms with van der Waals surface area (Å²) in [5.41, 5.74) is 2.15. The molecule has 26 heavy (non-hydrogen) atoms. The maximum Gasteiger partial charge on any atom is 0.410 e. The fourth-order valence-electron chi connectivity index (χ4n) is 2.58. The summed E-state index contributed by atoms with van der Waals surface area (Å²) in [6.45, 7) is 1.95. The lowest BCUT2D eigenvalue weighted by Crippen LogP contribution is -2.35. The first-order chi connectivity index (χ1) is 12.6. The number of ether oxygens (including phenoxy) is 2. The predicted octanol–water partition coefficient (Wildman–Crippen LogP) is 5.45. The van der Waals surface area contributed by atoms with Crippen molar-refractivity contribution >= 4 is 33.6 Å². The Bertz CT molecular complexity index is 795. The molecule has 1 aliphatic heterocycles. The average Bonchev–Trinajstić information content (AvgIpc) is 2.67. The summed E-state index contributed by atoms with van der Waals surface area (Å²) in [4.78, 5) is 13.9. The zero-order valence-electron chi connectivity index (χ0n) is 14.2. The second-order valence-corrected chi connectivity index (χ2v) is 7.25. The van der Waals surface area contributed by atoms with Gasteiger partial charge >= 0.3 is 6.09 Å². The van der Waals surface area contributed by atoms with Gasteiger partial charge in [0.25, 0.3) is 0 Å². The molecule has 0 atom stereocenters. The zero-order valence-corrected chi connectivity index (χ0v) is 16.5. The Balaban J connectivity index is 1.46. The van der Waals surface area contributed by atoms with Crippen LogP contribution in [0.3, 0.4) is 0 Å². The number of amides is 1. The number of carbonyl (C=O) groups is 1. The third-order valence-corrected chi connectivity index (χ3v) is 4.93. The van der Waals surface area contributed by atoms with Gasteiger partial charge in [0.2, 0.25) is 0 Å². The number of benzene rings is 2. The van der Waals surface area contributed by atoms with Crippen LogP contribution >= 0.6 is 27.5 Å². The fraction of sp³-hybridized carbons (Fsp3) is 0.250. The van der Waals surface area contributed by atoms with Gasteiger partial charge in [0.1, 0.15) is 19.0 Å². The molecule has 2 aromatic carbocycles. The van der Waals surface area contributed by atoms with Crippen LogP contribution in [0, 0.1) is 0 Å². The summed E-state index contributed by atoms with van der Waals surface area (Å²) in [7, 11) is 0. The lowest BCUT2D eigenvalue weighted by atomic mass is 10.1. The van der Waals surface area contributed by atoms with E-state index < -0.39 is 0 Å². The summed E-state index contributed by atoms with van der Waals surface area (Å²) >= 11 is 9.37. The first-order valence-electron chi connectivity index (χ1n) is 8.33. The van der Waals surface area contributed by atoms with E-state index in [1.807, 2.05) is 42.5 Å². The highest BCUT2D eigenvalue weighted by Gasteiger charge is 2.19. The predicted molar refractivity (Wildman–Crippen MR) is 106 cm³/mol. The molecule has 6 heteroatoms. The molecular formula is C20H19BrClNO3. The normalized spacial score (nSPS) is 13.9. The van der Waals surface area contributed by atoms with Gasteiger partial charge in [0.05, 0.1) is 4.47 Å². The summed E-state index contributed by atoms with van der Waals surface area (Å²) < 4.78 is 12.0. The van der Waals surface area contributed by atoms with Crippen molar-refractivity contribution in [1.82, 2.24) is 4.90 Å². The maximum atomic E-state index is 12.2. The van der Waals surface area contributed by atoms with Crippen molar-refractivity contribution in [3.05, 3.63) is 75.2 Å². The highest BCUT2D eigenvalue weighted by Crippen LogP contribution is 2.28. The van der Waals surface area contributed by atoms with Crippen LogP contribution in [0.1, 0.15) is 12.0 Å². The van der Waals surface area contributed by atoms with Gasteiger partial charge in [-0.1, -0.05) is 48.0 Å². The van der Waals surface area contributed by atoms with E-state index in [-0.39, 0.29) is 6.09 Å². The van der Waals surface area contributed by atoms with Crippen molar-refractivity contribution in [2.75, 3.05) is 19.7 Å². The molecule has 0 spiro atoms. The molecule has 1 heterocycles. The van der Waals surface area contributed by atoms with Crippen molar-refractivity contribution < 1.29 is 14.3 Å². The summed E-state index contributed by atoms with van der Waals surface area (Å²) in [5.74, 6) is 0.750. The van der Waals surface area contributed by atoms with Gasteiger partial charge in [-0.25, -0.2) is 4.79 Å². The molecule has 0 fully saturated rings. The van der Waals surface area contributed by atoms with Crippen LogP contribution in [0.15, 0.2) is 64.7 Å². The molecule has 3 rings (SSSR count). The van der Waals surface area contributed by atoms with Crippen molar-refractivity contribution in [2.24, 2.45) is 0 Å². The first-order valence-corrected chi connectivity index (χ1v) is 9.50. The van der Waals surface area contributed by atoms with E-state index in [2.05, 4.69) is 15.9 Å². The Kier molecular flexibility index (Phi) is 6.58. The molecule has 4 nitrogen and oxygen atoms in total. The minimum Gasteiger partial charge on any atom is -0.488 e. The Hall–Kier alpha value is -1.98. The third-order valence-electron chi connectivity index (χ3n) is 4.07. The van der Waals surface area contributed by atoms with E-state index in [9.17, 15) is 4.79 Å². The van der Waals surface area contributed by atoms with E-state index in [1.165, 1.54) is 5.57 Å². The smallest absolute Gasteiger partial charge is 0.410 e. The first kappa shape index (κ1) is 18.8. The number of carbonyl (C=O) groups excluding carboxylic acids is 1. The molecule has 0 N–H and O–H groups in total. The molecule has 136 valence electrons. The number of rotatable bonds is 5. The molecule has 1 amide bonds. The van der Waals surface area contributed by atoms with Gasteiger partial charge in [-0.15, -0.1) is 0 Å². The van der Waals surface area contributed by atoms with Crippen molar-refractivity contribution in [2.45, 2.75) is 13.0 Å². The van der Waals surface area contributed by atoms with E-state index in [0.717, 1.165) is 22.2 Å². The van der Waals surface area contributed by atoms with E-state index in [1.54, 1.807) is 17.0 Å². The van der Waals surface area contributed by atoms with Crippen LogP contribution in [0.2, 0.25) is 5.02 Å². The fourth-order valence-corrected chi connectivity index (χ4v) is 3.38. The van der Waals surface area contributed by atoms with Crippen LogP contribution < -0.4 is 4.74 Å². The van der Waals surface area contributed by atoms with E-state index in [4.69, 9.17) is 21.1 Å². The molecule has 0 bridgehead atoms. The summed E-state index contributed by atoms with van der Waals surface area (Å²) in [5, 5.41) is 0.658. The lowest BCUT2D eigenvalue weighted by molar-refractivity contribution is 0.0985. The molecule has 0 saturated carbocycles.